The first-order valence-electron chi connectivity index (χ1n) is 9.73. The number of halogens is 1. The first-order valence-corrected chi connectivity index (χ1v) is 11.0. The predicted octanol–water partition coefficient (Wildman–Crippen LogP) is 5.60. The third kappa shape index (κ3) is 3.73. The maximum Gasteiger partial charge on any atom is 0.300 e. The van der Waals surface area contributed by atoms with E-state index in [1.807, 2.05) is 48.7 Å². The van der Waals surface area contributed by atoms with Gasteiger partial charge in [0.15, 0.2) is 0 Å². The zero-order valence-corrected chi connectivity index (χ0v) is 18.5. The highest BCUT2D eigenvalue weighted by Crippen LogP contribution is 2.44. The van der Waals surface area contributed by atoms with Crippen LogP contribution in [0, 0.1) is 0 Å². The molecule has 2 aromatic carbocycles. The van der Waals surface area contributed by atoms with E-state index in [-0.39, 0.29) is 16.9 Å². The van der Waals surface area contributed by atoms with Crippen molar-refractivity contribution >= 4 is 46.1 Å². The molecule has 4 rings (SSSR count). The molecule has 0 radical (unpaired) electrons. The van der Waals surface area contributed by atoms with Crippen LogP contribution in [0.3, 0.4) is 0 Å². The number of anilines is 1. The summed E-state index contributed by atoms with van der Waals surface area (Å²) in [6.45, 7) is 2.05. The van der Waals surface area contributed by atoms with Crippen LogP contribution in [-0.4, -0.2) is 23.9 Å². The van der Waals surface area contributed by atoms with E-state index in [9.17, 15) is 14.7 Å². The van der Waals surface area contributed by atoms with Gasteiger partial charge < -0.3 is 9.84 Å². The predicted molar refractivity (Wildman–Crippen MR) is 123 cm³/mol. The van der Waals surface area contributed by atoms with E-state index in [4.69, 9.17) is 16.3 Å². The van der Waals surface area contributed by atoms with Crippen molar-refractivity contribution in [1.29, 1.82) is 0 Å². The summed E-state index contributed by atoms with van der Waals surface area (Å²) in [5.41, 5.74) is 1.98. The molecule has 158 valence electrons. The number of methoxy groups -OCH3 is 1. The molecule has 2 heterocycles. The largest absolute Gasteiger partial charge is 0.507 e. The topological polar surface area (TPSA) is 66.8 Å². The first kappa shape index (κ1) is 21.2. The van der Waals surface area contributed by atoms with Crippen LogP contribution in [0.1, 0.15) is 29.0 Å². The molecule has 1 aliphatic heterocycles. The number of hydrogen-bond acceptors (Lipinski definition) is 5. The number of aryl methyl sites for hydroxylation is 1. The molecule has 1 aromatic heterocycles. The summed E-state index contributed by atoms with van der Waals surface area (Å²) in [4.78, 5) is 28.5. The summed E-state index contributed by atoms with van der Waals surface area (Å²) in [5.74, 6) is -1.41. The number of aliphatic hydroxyl groups is 1. The van der Waals surface area contributed by atoms with Gasteiger partial charge in [-0.05, 0) is 53.8 Å². The maximum absolute atomic E-state index is 13.1. The third-order valence-corrected chi connectivity index (χ3v) is 6.46. The first-order chi connectivity index (χ1) is 15.0. The van der Waals surface area contributed by atoms with Gasteiger partial charge >= 0.3 is 0 Å². The summed E-state index contributed by atoms with van der Waals surface area (Å²) in [7, 11) is 1.46. The van der Waals surface area contributed by atoms with Gasteiger partial charge in [-0.2, -0.15) is 0 Å². The van der Waals surface area contributed by atoms with Crippen molar-refractivity contribution in [2.24, 2.45) is 0 Å². The Bertz CT molecular complexity index is 1170. The van der Waals surface area contributed by atoms with Crippen molar-refractivity contribution in [2.45, 2.75) is 19.4 Å². The van der Waals surface area contributed by atoms with Gasteiger partial charge in [0.2, 0.25) is 0 Å². The second-order valence-electron chi connectivity index (χ2n) is 7.05. The molecule has 0 aliphatic carbocycles. The van der Waals surface area contributed by atoms with Crippen LogP contribution in [0.4, 0.5) is 5.69 Å². The average molecular weight is 454 g/mol. The second-order valence-corrected chi connectivity index (χ2v) is 8.46. The van der Waals surface area contributed by atoms with Crippen LogP contribution in [0.5, 0.6) is 5.75 Å². The van der Waals surface area contributed by atoms with Crippen molar-refractivity contribution in [3.8, 4) is 5.75 Å². The Labute approximate surface area is 189 Å². The van der Waals surface area contributed by atoms with Gasteiger partial charge in [0.1, 0.15) is 17.6 Å². The van der Waals surface area contributed by atoms with E-state index >= 15 is 0 Å². The van der Waals surface area contributed by atoms with Crippen LogP contribution in [0.2, 0.25) is 5.02 Å². The Morgan fingerprint density at radius 1 is 1.16 bits per heavy atom. The fourth-order valence-electron chi connectivity index (χ4n) is 3.72. The number of ketones is 1. The number of aliphatic hydroxyl groups excluding tert-OH is 1. The lowest BCUT2D eigenvalue weighted by molar-refractivity contribution is -0.132. The summed E-state index contributed by atoms with van der Waals surface area (Å²) in [5, 5.41) is 13.5. The molecule has 31 heavy (non-hydrogen) atoms. The summed E-state index contributed by atoms with van der Waals surface area (Å²) in [6.07, 6.45) is 0.863. The third-order valence-electron chi connectivity index (χ3n) is 5.30. The molecule has 1 atom stereocenters. The quantitative estimate of drug-likeness (QED) is 0.310. The fraction of sp³-hybridized carbons (Fsp3) is 0.167. The van der Waals surface area contributed by atoms with E-state index in [1.165, 1.54) is 29.4 Å². The van der Waals surface area contributed by atoms with Gasteiger partial charge in [-0.1, -0.05) is 36.7 Å². The Balaban J connectivity index is 1.93. The monoisotopic (exact) mass is 453 g/mol. The lowest BCUT2D eigenvalue weighted by Gasteiger charge is -2.24. The molecule has 1 aliphatic rings. The van der Waals surface area contributed by atoms with Crippen LogP contribution >= 0.6 is 22.9 Å². The Morgan fingerprint density at radius 2 is 1.90 bits per heavy atom. The number of carbonyl (C=O) groups excluding carboxylic acids is 2. The molecule has 1 amide bonds. The number of amides is 1. The number of rotatable bonds is 5. The number of Topliss-reactive ketones (excluding diaryl/α,β-unsaturated/α-hetero) is 1. The molecule has 0 spiro atoms. The Hall–Kier alpha value is -3.09. The van der Waals surface area contributed by atoms with Crippen molar-refractivity contribution in [3.05, 3.63) is 86.6 Å². The standard InChI is InChI=1S/C24H20ClNO4S/c1-3-14-6-9-16(10-7-14)26-21(19-5-4-12-31-19)20(23(28)24(26)29)22(27)17-13-15(25)8-11-18(17)30-2/h4-13,21,27H,3H2,1-2H3/b22-20-. The molecular formula is C24H20ClNO4S. The lowest BCUT2D eigenvalue weighted by atomic mass is 9.99. The molecule has 7 heteroatoms. The highest BCUT2D eigenvalue weighted by Gasteiger charge is 2.47. The van der Waals surface area contributed by atoms with Gasteiger partial charge in [-0.15, -0.1) is 11.3 Å². The molecule has 1 unspecified atom stereocenters. The smallest absolute Gasteiger partial charge is 0.300 e. The van der Waals surface area contributed by atoms with Crippen LogP contribution in [0.25, 0.3) is 5.76 Å². The number of carbonyl (C=O) groups is 2. The van der Waals surface area contributed by atoms with Gasteiger partial charge in [0.05, 0.1) is 18.2 Å². The zero-order chi connectivity index (χ0) is 22.1. The van der Waals surface area contributed by atoms with Gasteiger partial charge in [-0.25, -0.2) is 0 Å². The maximum atomic E-state index is 13.1. The zero-order valence-electron chi connectivity index (χ0n) is 17.0. The van der Waals surface area contributed by atoms with Crippen molar-refractivity contribution in [2.75, 3.05) is 12.0 Å². The molecule has 0 bridgehead atoms. The number of benzene rings is 2. The molecule has 0 saturated carbocycles. The van der Waals surface area contributed by atoms with Gasteiger partial charge in [0, 0.05) is 15.6 Å². The molecule has 1 fully saturated rings. The van der Waals surface area contributed by atoms with E-state index < -0.39 is 17.7 Å². The van der Waals surface area contributed by atoms with E-state index in [2.05, 4.69) is 0 Å². The normalized spacial score (nSPS) is 17.9. The molecule has 3 aromatic rings. The number of hydrogen-bond donors (Lipinski definition) is 1. The fourth-order valence-corrected chi connectivity index (χ4v) is 4.71. The van der Waals surface area contributed by atoms with Gasteiger partial charge in [0.25, 0.3) is 11.7 Å². The van der Waals surface area contributed by atoms with Crippen LogP contribution in [-0.2, 0) is 16.0 Å². The SMILES string of the molecule is CCc1ccc(N2C(=O)C(=O)/C(=C(\O)c3cc(Cl)ccc3OC)C2c2cccs2)cc1. The van der Waals surface area contributed by atoms with Gasteiger partial charge in [-0.3, -0.25) is 14.5 Å². The molecule has 1 N–H and O–H groups in total. The number of thiophene rings is 1. The number of ether oxygens (including phenoxy) is 1. The van der Waals surface area contributed by atoms with Crippen molar-refractivity contribution in [3.63, 3.8) is 0 Å². The molecule has 1 saturated heterocycles. The molecule has 5 nitrogen and oxygen atoms in total. The highest BCUT2D eigenvalue weighted by atomic mass is 35.5. The highest BCUT2D eigenvalue weighted by molar-refractivity contribution is 7.10. The van der Waals surface area contributed by atoms with Crippen molar-refractivity contribution in [1.82, 2.24) is 0 Å². The molecular weight excluding hydrogens is 434 g/mol. The Kier molecular flexibility index (Phi) is 5.85. The lowest BCUT2D eigenvalue weighted by Crippen LogP contribution is -2.29. The van der Waals surface area contributed by atoms with E-state index in [1.54, 1.807) is 12.1 Å². The van der Waals surface area contributed by atoms with Crippen LogP contribution in [0.15, 0.2) is 65.6 Å². The minimum absolute atomic E-state index is 0.00702. The van der Waals surface area contributed by atoms with E-state index in [0.29, 0.717) is 16.5 Å². The van der Waals surface area contributed by atoms with Crippen molar-refractivity contribution < 1.29 is 19.4 Å². The number of nitrogens with zero attached hydrogens (tertiary/aromatic N) is 1. The minimum Gasteiger partial charge on any atom is -0.507 e. The summed E-state index contributed by atoms with van der Waals surface area (Å²) >= 11 is 7.54. The summed E-state index contributed by atoms with van der Waals surface area (Å²) in [6, 6.07) is 15.2. The average Bonchev–Trinajstić information content (AvgIpc) is 3.40. The van der Waals surface area contributed by atoms with E-state index in [0.717, 1.165) is 16.9 Å². The second kappa shape index (κ2) is 8.57. The van der Waals surface area contributed by atoms with Crippen LogP contribution < -0.4 is 9.64 Å². The Morgan fingerprint density at radius 3 is 2.52 bits per heavy atom. The minimum atomic E-state index is -0.754. The summed E-state index contributed by atoms with van der Waals surface area (Å²) < 4.78 is 5.35.